The fourth-order valence-electron chi connectivity index (χ4n) is 2.50. The highest BCUT2D eigenvalue weighted by molar-refractivity contribution is 5.43. The predicted octanol–water partition coefficient (Wildman–Crippen LogP) is 3.90. The molecule has 0 saturated heterocycles. The number of ether oxygens (including phenoxy) is 1. The van der Waals surface area contributed by atoms with Gasteiger partial charge in [0.2, 0.25) is 0 Å². The number of nitrogens with zero attached hydrogens (tertiary/aromatic N) is 2. The smallest absolute Gasteiger partial charge is 0.122 e. The van der Waals surface area contributed by atoms with Gasteiger partial charge in [0.1, 0.15) is 5.75 Å². The molecule has 21 heavy (non-hydrogen) atoms. The van der Waals surface area contributed by atoms with Crippen molar-refractivity contribution >= 4 is 0 Å². The van der Waals surface area contributed by atoms with Crippen LogP contribution < -0.4 is 4.74 Å². The molecule has 3 heteroatoms. The quantitative estimate of drug-likeness (QED) is 0.832. The lowest BCUT2D eigenvalue weighted by Crippen LogP contribution is -2.23. The fourth-order valence-corrected chi connectivity index (χ4v) is 2.50. The van der Waals surface area contributed by atoms with Gasteiger partial charge in [0.25, 0.3) is 0 Å². The lowest BCUT2D eigenvalue weighted by molar-refractivity contribution is 0.248. The highest BCUT2D eigenvalue weighted by Gasteiger charge is 2.15. The van der Waals surface area contributed by atoms with E-state index < -0.39 is 0 Å². The van der Waals surface area contributed by atoms with Crippen LogP contribution >= 0.6 is 0 Å². The zero-order valence-electron chi connectivity index (χ0n) is 13.6. The van der Waals surface area contributed by atoms with Crippen LogP contribution in [-0.4, -0.2) is 24.0 Å². The van der Waals surface area contributed by atoms with E-state index >= 15 is 0 Å². The average Bonchev–Trinajstić information content (AvgIpc) is 2.52. The van der Waals surface area contributed by atoms with Gasteiger partial charge >= 0.3 is 0 Å². The lowest BCUT2D eigenvalue weighted by atomic mass is 10.0. The summed E-state index contributed by atoms with van der Waals surface area (Å²) in [5, 5.41) is 0. The molecule has 0 aliphatic carbocycles. The van der Waals surface area contributed by atoms with E-state index in [0.717, 1.165) is 18.0 Å². The minimum absolute atomic E-state index is 0.285. The number of aromatic nitrogens is 1. The van der Waals surface area contributed by atoms with E-state index in [2.05, 4.69) is 55.9 Å². The van der Waals surface area contributed by atoms with E-state index in [1.807, 2.05) is 18.3 Å². The van der Waals surface area contributed by atoms with Crippen LogP contribution in [0.2, 0.25) is 0 Å². The van der Waals surface area contributed by atoms with Gasteiger partial charge in [0.15, 0.2) is 0 Å². The van der Waals surface area contributed by atoms with Crippen molar-refractivity contribution < 1.29 is 4.74 Å². The van der Waals surface area contributed by atoms with Gasteiger partial charge in [-0.1, -0.05) is 12.1 Å². The Bertz CT molecular complexity index is 596. The van der Waals surface area contributed by atoms with Crippen LogP contribution in [0, 0.1) is 13.8 Å². The topological polar surface area (TPSA) is 25.4 Å². The van der Waals surface area contributed by atoms with Crippen molar-refractivity contribution in [1.29, 1.82) is 0 Å². The Kier molecular flexibility index (Phi) is 4.97. The predicted molar refractivity (Wildman–Crippen MR) is 86.6 cm³/mol. The van der Waals surface area contributed by atoms with Crippen LogP contribution in [0.25, 0.3) is 0 Å². The van der Waals surface area contributed by atoms with E-state index in [1.54, 1.807) is 7.11 Å². The van der Waals surface area contributed by atoms with Crippen LogP contribution in [-0.2, 0) is 6.54 Å². The molecule has 1 aromatic heterocycles. The molecule has 1 heterocycles. The Labute approximate surface area is 127 Å². The van der Waals surface area contributed by atoms with Gasteiger partial charge in [-0.15, -0.1) is 0 Å². The van der Waals surface area contributed by atoms with E-state index in [9.17, 15) is 0 Å². The number of hydrogen-bond donors (Lipinski definition) is 0. The maximum absolute atomic E-state index is 5.38. The molecule has 112 valence electrons. The molecule has 0 fully saturated rings. The third kappa shape index (κ3) is 3.42. The van der Waals surface area contributed by atoms with Crippen molar-refractivity contribution in [2.45, 2.75) is 33.4 Å². The van der Waals surface area contributed by atoms with Crippen molar-refractivity contribution in [3.8, 4) is 5.75 Å². The standard InChI is InChI=1S/C18H24N2O/c1-13-14(2)18(21-5)10-9-16(13)12-20(4)15(3)17-8-6-7-11-19-17/h6-11,15H,12H2,1-5H3. The third-order valence-electron chi connectivity index (χ3n) is 4.27. The summed E-state index contributed by atoms with van der Waals surface area (Å²) in [6.07, 6.45) is 1.85. The molecule has 0 N–H and O–H groups in total. The average molecular weight is 284 g/mol. The Morgan fingerprint density at radius 3 is 2.52 bits per heavy atom. The first-order valence-corrected chi connectivity index (χ1v) is 7.28. The highest BCUT2D eigenvalue weighted by atomic mass is 16.5. The first-order valence-electron chi connectivity index (χ1n) is 7.28. The van der Waals surface area contributed by atoms with Gasteiger partial charge in [-0.25, -0.2) is 0 Å². The normalized spacial score (nSPS) is 12.5. The minimum atomic E-state index is 0.285. The van der Waals surface area contributed by atoms with Gasteiger partial charge in [-0.2, -0.15) is 0 Å². The Hall–Kier alpha value is -1.87. The zero-order valence-corrected chi connectivity index (χ0v) is 13.6. The fraction of sp³-hybridized carbons (Fsp3) is 0.389. The second kappa shape index (κ2) is 6.72. The first-order chi connectivity index (χ1) is 10.0. The van der Waals surface area contributed by atoms with Gasteiger partial charge in [0, 0.05) is 18.8 Å². The van der Waals surface area contributed by atoms with Crippen LogP contribution in [0.4, 0.5) is 0 Å². The van der Waals surface area contributed by atoms with Crippen LogP contribution in [0.3, 0.4) is 0 Å². The summed E-state index contributed by atoms with van der Waals surface area (Å²) in [5.41, 5.74) is 4.95. The summed E-state index contributed by atoms with van der Waals surface area (Å²) in [5.74, 6) is 0.955. The molecular formula is C18H24N2O. The van der Waals surface area contributed by atoms with Crippen LogP contribution in [0.1, 0.15) is 35.3 Å². The van der Waals surface area contributed by atoms with Crippen molar-refractivity contribution in [2.75, 3.05) is 14.2 Å². The summed E-state index contributed by atoms with van der Waals surface area (Å²) < 4.78 is 5.38. The second-order valence-electron chi connectivity index (χ2n) is 5.52. The van der Waals surface area contributed by atoms with E-state index in [0.29, 0.717) is 0 Å². The summed E-state index contributed by atoms with van der Waals surface area (Å²) in [6, 6.07) is 10.6. The number of benzene rings is 1. The summed E-state index contributed by atoms with van der Waals surface area (Å²) in [6.45, 7) is 7.36. The SMILES string of the molecule is COc1ccc(CN(C)C(C)c2ccccn2)c(C)c1C. The molecule has 0 radical (unpaired) electrons. The molecule has 2 rings (SSSR count). The summed E-state index contributed by atoms with van der Waals surface area (Å²) in [7, 11) is 3.86. The first kappa shape index (κ1) is 15.5. The van der Waals surface area contributed by atoms with Crippen molar-refractivity contribution in [3.05, 3.63) is 58.9 Å². The van der Waals surface area contributed by atoms with E-state index in [-0.39, 0.29) is 6.04 Å². The molecule has 0 spiro atoms. The molecule has 0 aliphatic rings. The van der Waals surface area contributed by atoms with Crippen molar-refractivity contribution in [1.82, 2.24) is 9.88 Å². The Morgan fingerprint density at radius 2 is 1.90 bits per heavy atom. The molecule has 1 atom stereocenters. The summed E-state index contributed by atoms with van der Waals surface area (Å²) in [4.78, 5) is 6.76. The maximum atomic E-state index is 5.38. The molecule has 2 aromatic rings. The van der Waals surface area contributed by atoms with E-state index in [1.165, 1.54) is 16.7 Å². The third-order valence-corrected chi connectivity index (χ3v) is 4.27. The van der Waals surface area contributed by atoms with Gasteiger partial charge in [-0.05, 0) is 62.7 Å². The molecule has 0 bridgehead atoms. The number of rotatable bonds is 5. The summed E-state index contributed by atoms with van der Waals surface area (Å²) >= 11 is 0. The van der Waals surface area contributed by atoms with Crippen LogP contribution in [0.15, 0.2) is 36.5 Å². The van der Waals surface area contributed by atoms with Gasteiger partial charge in [-0.3, -0.25) is 9.88 Å². The van der Waals surface area contributed by atoms with Crippen molar-refractivity contribution in [3.63, 3.8) is 0 Å². The molecule has 1 aromatic carbocycles. The number of hydrogen-bond acceptors (Lipinski definition) is 3. The largest absolute Gasteiger partial charge is 0.496 e. The molecule has 0 aliphatic heterocycles. The maximum Gasteiger partial charge on any atom is 0.122 e. The molecular weight excluding hydrogens is 260 g/mol. The number of methoxy groups -OCH3 is 1. The van der Waals surface area contributed by atoms with Gasteiger partial charge in [0.05, 0.1) is 12.8 Å². The lowest BCUT2D eigenvalue weighted by Gasteiger charge is -2.25. The molecule has 0 amide bonds. The second-order valence-corrected chi connectivity index (χ2v) is 5.52. The monoisotopic (exact) mass is 284 g/mol. The number of pyridine rings is 1. The van der Waals surface area contributed by atoms with Crippen LogP contribution in [0.5, 0.6) is 5.75 Å². The molecule has 3 nitrogen and oxygen atoms in total. The zero-order chi connectivity index (χ0) is 15.4. The van der Waals surface area contributed by atoms with Crippen molar-refractivity contribution in [2.24, 2.45) is 0 Å². The Balaban J connectivity index is 2.16. The molecule has 0 saturated carbocycles. The molecule has 1 unspecified atom stereocenters. The van der Waals surface area contributed by atoms with Gasteiger partial charge < -0.3 is 4.74 Å². The van der Waals surface area contributed by atoms with E-state index in [4.69, 9.17) is 4.74 Å². The highest BCUT2D eigenvalue weighted by Crippen LogP contribution is 2.26. The minimum Gasteiger partial charge on any atom is -0.496 e. The Morgan fingerprint density at radius 1 is 1.14 bits per heavy atom.